The van der Waals surface area contributed by atoms with Crippen LogP contribution in [0.3, 0.4) is 0 Å². The number of rotatable bonds is 9. The number of carbonyl (C=O) groups excluding carboxylic acids is 1. The number of carbonyl (C=O) groups is 1. The fraction of sp³-hybridized carbons (Fsp3) is 0.385. The van der Waals surface area contributed by atoms with Gasteiger partial charge in [0.25, 0.3) is 11.5 Å². The normalized spacial score (nSPS) is 12.4. The molecule has 0 fully saturated rings. The summed E-state index contributed by atoms with van der Waals surface area (Å²) in [4.78, 5) is 24.7. The number of hydrazine groups is 1. The zero-order valence-corrected chi connectivity index (χ0v) is 22.5. The molecule has 2 N–H and O–H groups in total. The molecule has 3 aromatic rings. The van der Waals surface area contributed by atoms with Crippen LogP contribution in [0.5, 0.6) is 0 Å². The van der Waals surface area contributed by atoms with Gasteiger partial charge in [-0.05, 0) is 46.7 Å². The number of aryl methyl sites for hydroxylation is 1. The van der Waals surface area contributed by atoms with E-state index in [0.717, 1.165) is 29.3 Å². The van der Waals surface area contributed by atoms with Crippen LogP contribution in [-0.4, -0.2) is 66.8 Å². The van der Waals surface area contributed by atoms with Gasteiger partial charge in [-0.15, -0.1) is 0 Å². The molecule has 1 aromatic heterocycles. The van der Waals surface area contributed by atoms with Crippen LogP contribution in [0.15, 0.2) is 59.5 Å². The summed E-state index contributed by atoms with van der Waals surface area (Å²) in [6, 6.07) is 15.6. The molecular formula is C26H36N4O5S. The van der Waals surface area contributed by atoms with E-state index < -0.39 is 21.0 Å². The summed E-state index contributed by atoms with van der Waals surface area (Å²) in [7, 11) is 2.26. The number of aromatic nitrogens is 1. The quantitative estimate of drug-likeness (QED) is 0.332. The Labute approximate surface area is 212 Å². The SMILES string of the molecule is CC.CN(C)N(C)Cc1ccc(-c2ccc3c(=O)n(CCC(C(=O)NO)S(C)(=O)=O)ccc3c2)cc1. The fourth-order valence-corrected chi connectivity index (χ4v) is 4.70. The predicted molar refractivity (Wildman–Crippen MR) is 143 cm³/mol. The van der Waals surface area contributed by atoms with Crippen molar-refractivity contribution >= 4 is 26.5 Å². The summed E-state index contributed by atoms with van der Waals surface area (Å²) >= 11 is 0. The van der Waals surface area contributed by atoms with Crippen molar-refractivity contribution in [3.63, 3.8) is 0 Å². The number of nitrogens with one attached hydrogen (secondary N) is 1. The number of fused-ring (bicyclic) bond motifs is 1. The first-order chi connectivity index (χ1) is 17.0. The van der Waals surface area contributed by atoms with E-state index in [-0.39, 0.29) is 18.5 Å². The van der Waals surface area contributed by atoms with Gasteiger partial charge in [0.1, 0.15) is 5.25 Å². The minimum Gasteiger partial charge on any atom is -0.315 e. The molecule has 1 unspecified atom stereocenters. The number of benzene rings is 2. The van der Waals surface area contributed by atoms with Crippen molar-refractivity contribution in [2.45, 2.75) is 38.6 Å². The number of sulfone groups is 1. The Morgan fingerprint density at radius 2 is 1.64 bits per heavy atom. The Bertz CT molecular complexity index is 1330. The van der Waals surface area contributed by atoms with Crippen molar-refractivity contribution < 1.29 is 18.4 Å². The van der Waals surface area contributed by atoms with Crippen LogP contribution in [0, 0.1) is 0 Å². The van der Waals surface area contributed by atoms with Crippen molar-refractivity contribution in [1.82, 2.24) is 20.1 Å². The standard InChI is InChI=1S/C24H30N4O5S.C2H6/c1-26(2)27(3)16-17-5-7-18(8-6-17)19-9-10-21-20(15-19)11-13-28(24(21)30)14-12-22(23(29)25-31)34(4,32)33;1-2/h5-11,13,15,22,31H,12,14,16H2,1-4H3,(H,25,29);1-2H3. The average Bonchev–Trinajstić information content (AvgIpc) is 2.85. The van der Waals surface area contributed by atoms with Crippen LogP contribution in [0.1, 0.15) is 25.8 Å². The van der Waals surface area contributed by atoms with Crippen molar-refractivity contribution in [2.75, 3.05) is 27.4 Å². The summed E-state index contributed by atoms with van der Waals surface area (Å²) < 4.78 is 25.1. The molecule has 0 aliphatic carbocycles. The number of nitrogens with zero attached hydrogens (tertiary/aromatic N) is 3. The van der Waals surface area contributed by atoms with Gasteiger partial charge in [0.05, 0.1) is 0 Å². The molecule has 0 spiro atoms. The van der Waals surface area contributed by atoms with Gasteiger partial charge in [0.2, 0.25) is 0 Å². The zero-order valence-electron chi connectivity index (χ0n) is 21.7. The second-order valence-corrected chi connectivity index (χ2v) is 10.8. The molecule has 10 heteroatoms. The van der Waals surface area contributed by atoms with Crippen molar-refractivity contribution in [3.05, 3.63) is 70.6 Å². The van der Waals surface area contributed by atoms with E-state index in [4.69, 9.17) is 5.21 Å². The number of hydroxylamine groups is 1. The molecule has 0 saturated carbocycles. The molecule has 0 saturated heterocycles. The molecule has 2 aromatic carbocycles. The molecule has 0 aliphatic rings. The van der Waals surface area contributed by atoms with Gasteiger partial charge in [0.15, 0.2) is 9.84 Å². The van der Waals surface area contributed by atoms with Gasteiger partial charge >= 0.3 is 0 Å². The molecule has 1 atom stereocenters. The highest BCUT2D eigenvalue weighted by molar-refractivity contribution is 7.92. The molecule has 1 heterocycles. The van der Waals surface area contributed by atoms with E-state index in [1.807, 2.05) is 52.1 Å². The first-order valence-electron chi connectivity index (χ1n) is 11.7. The highest BCUT2D eigenvalue weighted by Crippen LogP contribution is 2.24. The number of hydrogen-bond acceptors (Lipinski definition) is 7. The van der Waals surface area contributed by atoms with E-state index in [1.54, 1.807) is 18.3 Å². The molecule has 0 aliphatic heterocycles. The Kier molecular flexibility index (Phi) is 10.4. The molecule has 36 heavy (non-hydrogen) atoms. The van der Waals surface area contributed by atoms with E-state index in [2.05, 4.69) is 29.3 Å². The predicted octanol–water partition coefficient (Wildman–Crippen LogP) is 2.91. The first kappa shape index (κ1) is 29.2. The highest BCUT2D eigenvalue weighted by atomic mass is 32.2. The van der Waals surface area contributed by atoms with E-state index in [9.17, 15) is 18.0 Å². The lowest BCUT2D eigenvalue weighted by Gasteiger charge is -2.24. The average molecular weight is 517 g/mol. The summed E-state index contributed by atoms with van der Waals surface area (Å²) in [6.45, 7) is 4.81. The van der Waals surface area contributed by atoms with Gasteiger partial charge < -0.3 is 4.57 Å². The van der Waals surface area contributed by atoms with E-state index in [0.29, 0.717) is 5.39 Å². The summed E-state index contributed by atoms with van der Waals surface area (Å²) in [5.41, 5.74) is 4.31. The maximum atomic E-state index is 12.9. The molecule has 196 valence electrons. The lowest BCUT2D eigenvalue weighted by atomic mass is 10.0. The monoisotopic (exact) mass is 516 g/mol. The Morgan fingerprint density at radius 3 is 2.19 bits per heavy atom. The topological polar surface area (TPSA) is 112 Å². The van der Waals surface area contributed by atoms with Gasteiger partial charge in [-0.3, -0.25) is 14.8 Å². The second-order valence-electron chi connectivity index (χ2n) is 8.56. The smallest absolute Gasteiger partial charge is 0.261 e. The van der Waals surface area contributed by atoms with Crippen molar-refractivity contribution in [3.8, 4) is 11.1 Å². The summed E-state index contributed by atoms with van der Waals surface area (Å²) in [5, 5.41) is 12.8. The number of pyridine rings is 1. The molecule has 1 amide bonds. The second kappa shape index (κ2) is 12.8. The van der Waals surface area contributed by atoms with Crippen LogP contribution in [0.4, 0.5) is 0 Å². The van der Waals surface area contributed by atoms with Crippen molar-refractivity contribution in [2.24, 2.45) is 0 Å². The van der Waals surface area contributed by atoms with Crippen molar-refractivity contribution in [1.29, 1.82) is 0 Å². The lowest BCUT2D eigenvalue weighted by molar-refractivity contribution is -0.128. The van der Waals surface area contributed by atoms with Crippen LogP contribution >= 0.6 is 0 Å². The highest BCUT2D eigenvalue weighted by Gasteiger charge is 2.28. The van der Waals surface area contributed by atoms with Gasteiger partial charge in [-0.25, -0.2) is 23.9 Å². The Hall–Kier alpha value is -3.05. The van der Waals surface area contributed by atoms with Crippen LogP contribution in [-0.2, 0) is 27.7 Å². The minimum atomic E-state index is -3.74. The number of hydrogen-bond donors (Lipinski definition) is 2. The summed E-state index contributed by atoms with van der Waals surface area (Å²) in [6.07, 6.45) is 2.37. The maximum Gasteiger partial charge on any atom is 0.261 e. The van der Waals surface area contributed by atoms with E-state index in [1.165, 1.54) is 15.6 Å². The number of amides is 1. The molecule has 0 bridgehead atoms. The molecule has 0 radical (unpaired) electrons. The Morgan fingerprint density at radius 1 is 1.03 bits per heavy atom. The lowest BCUT2D eigenvalue weighted by Crippen LogP contribution is -2.39. The third kappa shape index (κ3) is 7.23. The zero-order chi connectivity index (χ0) is 27.0. The Balaban J connectivity index is 0.00000222. The van der Waals surface area contributed by atoms with Crippen LogP contribution in [0.25, 0.3) is 21.9 Å². The summed E-state index contributed by atoms with van der Waals surface area (Å²) in [5.74, 6) is -1.01. The van der Waals surface area contributed by atoms with Crippen LogP contribution in [0.2, 0.25) is 0 Å². The van der Waals surface area contributed by atoms with E-state index >= 15 is 0 Å². The molecule has 9 nitrogen and oxygen atoms in total. The van der Waals surface area contributed by atoms with Gasteiger partial charge in [-0.1, -0.05) is 44.2 Å². The molecular weight excluding hydrogens is 480 g/mol. The van der Waals surface area contributed by atoms with Gasteiger partial charge in [0, 0.05) is 52.1 Å². The third-order valence-electron chi connectivity index (χ3n) is 5.91. The maximum absolute atomic E-state index is 12.9. The largest absolute Gasteiger partial charge is 0.315 e. The molecule has 3 rings (SSSR count). The van der Waals surface area contributed by atoms with Crippen LogP contribution < -0.4 is 11.0 Å². The first-order valence-corrected chi connectivity index (χ1v) is 13.7. The third-order valence-corrected chi connectivity index (χ3v) is 7.39. The van der Waals surface area contributed by atoms with Gasteiger partial charge in [-0.2, -0.15) is 0 Å². The minimum absolute atomic E-state index is 0.0184. The fourth-order valence-electron chi connectivity index (χ4n) is 3.72.